The van der Waals surface area contributed by atoms with Crippen LogP contribution in [0.4, 0.5) is 0 Å². The van der Waals surface area contributed by atoms with Crippen LogP contribution in [0.5, 0.6) is 0 Å². The largest absolute Gasteiger partial charge is 0.353 e. The molecule has 0 bridgehead atoms. The minimum absolute atomic E-state index is 0.195. The zero-order chi connectivity index (χ0) is 18.8. The van der Waals surface area contributed by atoms with Gasteiger partial charge in [0.05, 0.1) is 6.54 Å². The van der Waals surface area contributed by atoms with Crippen LogP contribution in [0.25, 0.3) is 0 Å². The van der Waals surface area contributed by atoms with Gasteiger partial charge in [-0.05, 0) is 44.4 Å². The molecule has 0 saturated heterocycles. The Bertz CT molecular complexity index is 704. The Hall–Kier alpha value is -2.36. The average molecular weight is 370 g/mol. The number of benzene rings is 1. The van der Waals surface area contributed by atoms with E-state index in [1.807, 2.05) is 12.3 Å². The van der Waals surface area contributed by atoms with Crippen molar-refractivity contribution in [2.24, 2.45) is 4.99 Å². The lowest BCUT2D eigenvalue weighted by molar-refractivity contribution is 0.298. The van der Waals surface area contributed by atoms with Crippen LogP contribution in [-0.2, 0) is 12.8 Å². The zero-order valence-electron chi connectivity index (χ0n) is 15.6. The van der Waals surface area contributed by atoms with Gasteiger partial charge in [-0.2, -0.15) is 5.26 Å². The summed E-state index contributed by atoms with van der Waals surface area (Å²) in [5.74, 6) is 0.538. The molecule has 2 N–H and O–H groups in total. The summed E-state index contributed by atoms with van der Waals surface area (Å²) < 4.78 is 0. The van der Waals surface area contributed by atoms with Crippen LogP contribution in [0.3, 0.4) is 0 Å². The highest BCUT2D eigenvalue weighted by atomic mass is 32.1. The topological polar surface area (TPSA) is 63.5 Å². The standard InChI is InChI=1S/C20H27N5S/c1-16(12-19-10-7-11-26-19)24-20(23-15-21)22-14-18(25(2)3)13-17-8-5-4-6-9-17/h4-11,16,18H,12-14H2,1-3H3,(H2,22,23,24). The van der Waals surface area contributed by atoms with Gasteiger partial charge in [0.1, 0.15) is 0 Å². The van der Waals surface area contributed by atoms with Gasteiger partial charge in [-0.25, -0.2) is 0 Å². The summed E-state index contributed by atoms with van der Waals surface area (Å²) in [6.07, 6.45) is 3.81. The van der Waals surface area contributed by atoms with E-state index < -0.39 is 0 Å². The summed E-state index contributed by atoms with van der Waals surface area (Å²) in [5.41, 5.74) is 1.29. The molecule has 0 radical (unpaired) electrons. The van der Waals surface area contributed by atoms with Gasteiger partial charge < -0.3 is 10.2 Å². The molecular weight excluding hydrogens is 342 g/mol. The normalized spacial score (nSPS) is 13.9. The third-order valence-electron chi connectivity index (χ3n) is 4.15. The van der Waals surface area contributed by atoms with Crippen molar-refractivity contribution in [1.82, 2.24) is 15.5 Å². The van der Waals surface area contributed by atoms with Gasteiger partial charge in [-0.15, -0.1) is 11.3 Å². The van der Waals surface area contributed by atoms with Crippen molar-refractivity contribution in [1.29, 1.82) is 5.26 Å². The Morgan fingerprint density at radius 2 is 1.96 bits per heavy atom. The van der Waals surface area contributed by atoms with Crippen molar-refractivity contribution in [3.05, 3.63) is 58.3 Å². The molecule has 0 aliphatic rings. The Labute approximate surface area is 160 Å². The molecule has 6 heteroatoms. The number of thiophene rings is 1. The third-order valence-corrected chi connectivity index (χ3v) is 5.05. The molecule has 0 aliphatic carbocycles. The number of guanidine groups is 1. The Morgan fingerprint density at radius 3 is 2.58 bits per heavy atom. The van der Waals surface area contributed by atoms with E-state index in [4.69, 9.17) is 5.26 Å². The lowest BCUT2D eigenvalue weighted by Gasteiger charge is -2.23. The van der Waals surface area contributed by atoms with Crippen LogP contribution >= 0.6 is 11.3 Å². The predicted octanol–water partition coefficient (Wildman–Crippen LogP) is 2.87. The first-order chi connectivity index (χ1) is 12.6. The Morgan fingerprint density at radius 1 is 1.19 bits per heavy atom. The van der Waals surface area contributed by atoms with Gasteiger partial charge in [0, 0.05) is 23.4 Å². The molecule has 0 saturated carbocycles. The zero-order valence-corrected chi connectivity index (χ0v) is 16.5. The van der Waals surface area contributed by atoms with Crippen LogP contribution in [0, 0.1) is 11.5 Å². The number of hydrogen-bond acceptors (Lipinski definition) is 4. The van der Waals surface area contributed by atoms with Crippen LogP contribution in [0.1, 0.15) is 17.4 Å². The number of nitrogens with zero attached hydrogens (tertiary/aromatic N) is 3. The molecule has 2 rings (SSSR count). The van der Waals surface area contributed by atoms with Gasteiger partial charge >= 0.3 is 0 Å². The maximum atomic E-state index is 9.03. The van der Waals surface area contributed by atoms with Crippen molar-refractivity contribution in [3.63, 3.8) is 0 Å². The van der Waals surface area contributed by atoms with Crippen molar-refractivity contribution in [2.75, 3.05) is 20.6 Å². The van der Waals surface area contributed by atoms with Crippen molar-refractivity contribution in [3.8, 4) is 6.19 Å². The Kier molecular flexibility index (Phi) is 8.13. The number of likely N-dealkylation sites (N-methyl/N-ethyl adjacent to an activating group) is 1. The second kappa shape index (κ2) is 10.6. The molecule has 1 aromatic heterocycles. The van der Waals surface area contributed by atoms with E-state index in [0.29, 0.717) is 12.5 Å². The van der Waals surface area contributed by atoms with Crippen LogP contribution < -0.4 is 10.6 Å². The summed E-state index contributed by atoms with van der Waals surface area (Å²) in [6, 6.07) is 15.1. The predicted molar refractivity (Wildman–Crippen MR) is 109 cm³/mol. The quantitative estimate of drug-likeness (QED) is 0.325. The van der Waals surface area contributed by atoms with Gasteiger partial charge in [0.25, 0.3) is 0 Å². The number of hydrogen-bond donors (Lipinski definition) is 2. The first kappa shape index (κ1) is 20.0. The highest BCUT2D eigenvalue weighted by Gasteiger charge is 2.13. The first-order valence-electron chi connectivity index (χ1n) is 8.77. The fourth-order valence-corrected chi connectivity index (χ4v) is 3.52. The summed E-state index contributed by atoms with van der Waals surface area (Å²) in [5, 5.41) is 17.1. The maximum Gasteiger partial charge on any atom is 0.204 e. The number of aliphatic imine (C=N–C) groups is 1. The van der Waals surface area contributed by atoms with Crippen LogP contribution in [-0.4, -0.2) is 43.6 Å². The molecule has 138 valence electrons. The molecule has 0 spiro atoms. The lowest BCUT2D eigenvalue weighted by atomic mass is 10.1. The molecule has 2 unspecified atom stereocenters. The minimum Gasteiger partial charge on any atom is -0.353 e. The smallest absolute Gasteiger partial charge is 0.204 e. The van der Waals surface area contributed by atoms with Crippen molar-refractivity contribution in [2.45, 2.75) is 31.8 Å². The summed E-state index contributed by atoms with van der Waals surface area (Å²) >= 11 is 1.74. The second-order valence-electron chi connectivity index (χ2n) is 6.56. The van der Waals surface area contributed by atoms with E-state index in [2.05, 4.69) is 83.3 Å². The van der Waals surface area contributed by atoms with Crippen molar-refractivity contribution >= 4 is 17.3 Å². The summed E-state index contributed by atoms with van der Waals surface area (Å²) in [7, 11) is 4.13. The SMILES string of the molecule is CC(Cc1cccs1)NC(=NCC(Cc1ccccc1)N(C)C)NC#N. The monoisotopic (exact) mass is 369 g/mol. The lowest BCUT2D eigenvalue weighted by Crippen LogP contribution is -2.42. The highest BCUT2D eigenvalue weighted by molar-refractivity contribution is 7.09. The number of nitriles is 1. The molecule has 2 atom stereocenters. The highest BCUT2D eigenvalue weighted by Crippen LogP contribution is 2.11. The summed E-state index contributed by atoms with van der Waals surface area (Å²) in [6.45, 7) is 2.71. The Balaban J connectivity index is 1.97. The minimum atomic E-state index is 0.195. The number of rotatable bonds is 8. The van der Waals surface area contributed by atoms with Crippen molar-refractivity contribution < 1.29 is 0 Å². The molecular formula is C20H27N5S. The van der Waals surface area contributed by atoms with Crippen LogP contribution in [0.2, 0.25) is 0 Å². The molecule has 2 aromatic rings. The maximum absolute atomic E-state index is 9.03. The molecule has 1 heterocycles. The molecule has 0 amide bonds. The van der Waals surface area contributed by atoms with E-state index in [-0.39, 0.29) is 12.1 Å². The molecule has 0 aliphatic heterocycles. The van der Waals surface area contributed by atoms with Crippen LogP contribution in [0.15, 0.2) is 52.8 Å². The molecule has 0 fully saturated rings. The third kappa shape index (κ3) is 6.87. The van der Waals surface area contributed by atoms with Gasteiger partial charge in [0.15, 0.2) is 6.19 Å². The molecule has 26 heavy (non-hydrogen) atoms. The van der Waals surface area contributed by atoms with E-state index in [0.717, 1.165) is 12.8 Å². The van der Waals surface area contributed by atoms with E-state index in [1.54, 1.807) is 11.3 Å². The van der Waals surface area contributed by atoms with Gasteiger partial charge in [-0.3, -0.25) is 10.3 Å². The first-order valence-corrected chi connectivity index (χ1v) is 9.65. The fourth-order valence-electron chi connectivity index (χ4n) is 2.68. The van der Waals surface area contributed by atoms with E-state index in [1.165, 1.54) is 10.4 Å². The van der Waals surface area contributed by atoms with Gasteiger partial charge in [0.2, 0.25) is 5.96 Å². The van der Waals surface area contributed by atoms with E-state index >= 15 is 0 Å². The fraction of sp³-hybridized carbons (Fsp3) is 0.400. The summed E-state index contributed by atoms with van der Waals surface area (Å²) in [4.78, 5) is 8.13. The molecule has 1 aromatic carbocycles. The van der Waals surface area contributed by atoms with Gasteiger partial charge in [-0.1, -0.05) is 36.4 Å². The number of nitrogens with one attached hydrogen (secondary N) is 2. The molecule has 5 nitrogen and oxygen atoms in total. The average Bonchev–Trinajstić information content (AvgIpc) is 3.12. The second-order valence-corrected chi connectivity index (χ2v) is 7.59. The van der Waals surface area contributed by atoms with E-state index in [9.17, 15) is 0 Å².